The number of fused-ring (bicyclic) bond motifs is 4. The Bertz CT molecular complexity index is 2060. The third-order valence-corrected chi connectivity index (χ3v) is 12.5. The smallest absolute Gasteiger partial charge is 0.390 e. The maximum Gasteiger partial charge on any atom is 0.417 e. The van der Waals surface area contributed by atoms with Crippen molar-refractivity contribution >= 4 is 42.1 Å². The van der Waals surface area contributed by atoms with Crippen LogP contribution in [0.25, 0.3) is 22.4 Å². The van der Waals surface area contributed by atoms with E-state index in [1.54, 1.807) is 4.68 Å². The van der Waals surface area contributed by atoms with Crippen LogP contribution in [0.15, 0.2) is 65.6 Å². The van der Waals surface area contributed by atoms with Crippen molar-refractivity contribution in [3.8, 4) is 22.4 Å². The van der Waals surface area contributed by atoms with Crippen LogP contribution in [0.2, 0.25) is 0 Å². The second kappa shape index (κ2) is 15.4. The normalized spacial score (nSPS) is 18.5. The van der Waals surface area contributed by atoms with E-state index in [2.05, 4.69) is 35.2 Å². The third-order valence-electron chi connectivity index (χ3n) is 11.1. The van der Waals surface area contributed by atoms with Gasteiger partial charge < -0.3 is 20.2 Å². The molecule has 0 spiro atoms. The van der Waals surface area contributed by atoms with Crippen LogP contribution < -0.4 is 5.32 Å². The first kappa shape index (κ1) is 37.1. The number of β-amino-alcohol motifs (C(OH)–C–C–N with tert-alkyl or cyclic N) is 1. The second-order valence-corrected chi connectivity index (χ2v) is 16.3. The number of halogens is 3. The summed E-state index contributed by atoms with van der Waals surface area (Å²) in [6.45, 7) is 4.26. The Hall–Kier alpha value is -3.82. The summed E-state index contributed by atoms with van der Waals surface area (Å²) in [5.41, 5.74) is 7.06. The predicted molar refractivity (Wildman–Crippen MR) is 206 cm³/mol. The monoisotopic (exact) mass is 776 g/mol. The molecule has 1 aromatic heterocycles. The molecular formula is C40H43F3N6O3S2. The number of benzene rings is 3. The summed E-state index contributed by atoms with van der Waals surface area (Å²) >= 11 is 5.44. The van der Waals surface area contributed by atoms with Crippen LogP contribution in [-0.2, 0) is 41.7 Å². The number of aromatic nitrogens is 2. The molecule has 284 valence electrons. The van der Waals surface area contributed by atoms with Gasteiger partial charge in [-0.1, -0.05) is 55.3 Å². The lowest BCUT2D eigenvalue weighted by molar-refractivity contribution is -0.139. The van der Waals surface area contributed by atoms with Gasteiger partial charge in [0, 0.05) is 92.0 Å². The molecular weight excluding hydrogens is 734 g/mol. The summed E-state index contributed by atoms with van der Waals surface area (Å²) in [4.78, 5) is 29.7. The van der Waals surface area contributed by atoms with E-state index < -0.39 is 23.8 Å². The fourth-order valence-corrected chi connectivity index (χ4v) is 9.66. The molecule has 3 aromatic carbocycles. The van der Waals surface area contributed by atoms with E-state index in [4.69, 9.17) is 5.10 Å². The number of likely N-dealkylation sites (tertiary alicyclic amines) is 2. The number of thiol groups is 1. The fraction of sp³-hybridized carbons (Fsp3) is 0.425. The number of alkyl halides is 3. The van der Waals surface area contributed by atoms with Crippen molar-refractivity contribution in [3.63, 3.8) is 0 Å². The van der Waals surface area contributed by atoms with Gasteiger partial charge in [-0.25, -0.2) is 4.31 Å². The molecule has 2 fully saturated rings. The number of rotatable bonds is 10. The second-order valence-electron chi connectivity index (χ2n) is 14.7. The van der Waals surface area contributed by atoms with Crippen LogP contribution in [0, 0.1) is 0 Å². The molecule has 2 N–H and O–H groups in total. The minimum Gasteiger partial charge on any atom is -0.390 e. The molecule has 2 saturated heterocycles. The Balaban J connectivity index is 0.976. The van der Waals surface area contributed by atoms with Gasteiger partial charge in [0.1, 0.15) is 0 Å². The number of thioether (sulfide) groups is 1. The SMILES string of the molecule is O=C(CSc1cc(-c2nn(CC(O)CN3CCC(N4CCCC4=O)CC3)c3c2CN(S)CC3)ccc1C(F)(F)F)Nc1cccc2c1Cc1ccccc1-2. The van der Waals surface area contributed by atoms with Gasteiger partial charge in [0.15, 0.2) is 0 Å². The molecule has 0 saturated carbocycles. The number of carbonyl (C=O) groups excluding carboxylic acids is 2. The number of nitrogens with zero attached hydrogens (tertiary/aromatic N) is 5. The van der Waals surface area contributed by atoms with E-state index in [1.165, 1.54) is 17.7 Å². The van der Waals surface area contributed by atoms with E-state index in [9.17, 15) is 27.9 Å². The number of anilines is 1. The maximum absolute atomic E-state index is 14.3. The van der Waals surface area contributed by atoms with Gasteiger partial charge in [0.05, 0.1) is 29.7 Å². The highest BCUT2D eigenvalue weighted by Crippen LogP contribution is 2.42. The van der Waals surface area contributed by atoms with Crippen LogP contribution in [0.4, 0.5) is 18.9 Å². The van der Waals surface area contributed by atoms with Crippen LogP contribution in [0.1, 0.15) is 53.6 Å². The summed E-state index contributed by atoms with van der Waals surface area (Å²) in [6, 6.07) is 18.0. The molecule has 54 heavy (non-hydrogen) atoms. The predicted octanol–water partition coefficient (Wildman–Crippen LogP) is 6.52. The van der Waals surface area contributed by atoms with Crippen molar-refractivity contribution in [1.82, 2.24) is 23.9 Å². The van der Waals surface area contributed by atoms with Crippen LogP contribution in [0.3, 0.4) is 0 Å². The van der Waals surface area contributed by atoms with Gasteiger partial charge in [0.2, 0.25) is 11.8 Å². The van der Waals surface area contributed by atoms with Crippen molar-refractivity contribution in [2.75, 3.05) is 43.8 Å². The lowest BCUT2D eigenvalue weighted by Gasteiger charge is -2.37. The lowest BCUT2D eigenvalue weighted by Crippen LogP contribution is -2.47. The van der Waals surface area contributed by atoms with Crippen molar-refractivity contribution in [1.29, 1.82) is 0 Å². The highest BCUT2D eigenvalue weighted by molar-refractivity contribution is 8.00. The molecule has 9 nitrogen and oxygen atoms in total. The number of aliphatic hydroxyl groups is 1. The van der Waals surface area contributed by atoms with Crippen LogP contribution in [-0.4, -0.2) is 91.4 Å². The van der Waals surface area contributed by atoms with Crippen molar-refractivity contribution < 1.29 is 27.9 Å². The van der Waals surface area contributed by atoms with Crippen molar-refractivity contribution in [3.05, 3.63) is 88.6 Å². The quantitative estimate of drug-likeness (QED) is 0.110. The standard InChI is InChI=1S/C40H43F3N6O3S2/c41-40(42,43)33-11-10-26(20-36(33)54-24-37(51)44-34-8-3-7-30-29-6-2-1-5-25(29)19-31(30)34)39-32-23-47(53)18-14-35(32)49(45-39)22-28(50)21-46-16-12-27(13-17-46)48-15-4-9-38(48)52/h1-3,5-8,10-11,20,27-28,50,53H,4,9,12-19,21-24H2,(H,44,51). The molecule has 14 heteroatoms. The van der Waals surface area contributed by atoms with Gasteiger partial charge in [-0.3, -0.25) is 14.3 Å². The molecule has 1 atom stereocenters. The van der Waals surface area contributed by atoms with Crippen molar-refractivity contribution in [2.45, 2.75) is 74.8 Å². The molecule has 0 bridgehead atoms. The summed E-state index contributed by atoms with van der Waals surface area (Å²) in [6.07, 6.45) is -0.693. The van der Waals surface area contributed by atoms with Crippen LogP contribution >= 0.6 is 24.6 Å². The first-order chi connectivity index (χ1) is 26.0. The van der Waals surface area contributed by atoms with Crippen molar-refractivity contribution in [2.24, 2.45) is 0 Å². The van der Waals surface area contributed by atoms with Gasteiger partial charge in [-0.15, -0.1) is 11.8 Å². The Morgan fingerprint density at radius 3 is 2.56 bits per heavy atom. The van der Waals surface area contributed by atoms with E-state index in [-0.39, 0.29) is 29.1 Å². The molecule has 8 rings (SSSR count). The van der Waals surface area contributed by atoms with E-state index in [0.717, 1.165) is 84.7 Å². The topological polar surface area (TPSA) is 93.9 Å². The number of piperidine rings is 1. The minimum absolute atomic E-state index is 0.0539. The zero-order valence-electron chi connectivity index (χ0n) is 29.8. The average molecular weight is 777 g/mol. The molecule has 4 heterocycles. The van der Waals surface area contributed by atoms with E-state index in [0.29, 0.717) is 55.8 Å². The van der Waals surface area contributed by atoms with Gasteiger partial charge >= 0.3 is 6.18 Å². The Kier molecular flexibility index (Phi) is 10.6. The zero-order chi connectivity index (χ0) is 37.6. The number of aliphatic hydroxyl groups excluding tert-OH is 1. The molecule has 4 aliphatic rings. The van der Waals surface area contributed by atoms with Gasteiger partial charge in [-0.05, 0) is 59.7 Å². The van der Waals surface area contributed by atoms with E-state index in [1.807, 2.05) is 39.5 Å². The molecule has 3 aliphatic heterocycles. The number of carbonyl (C=O) groups is 2. The molecule has 1 aliphatic carbocycles. The number of amides is 2. The zero-order valence-corrected chi connectivity index (χ0v) is 31.5. The first-order valence-electron chi connectivity index (χ1n) is 18.6. The van der Waals surface area contributed by atoms with Crippen LogP contribution in [0.5, 0.6) is 0 Å². The summed E-state index contributed by atoms with van der Waals surface area (Å²) in [7, 11) is 0. The fourth-order valence-electron chi connectivity index (χ4n) is 8.51. The minimum atomic E-state index is -4.62. The number of nitrogens with one attached hydrogen (secondary N) is 1. The molecule has 4 aromatic rings. The Labute approximate surface area is 322 Å². The molecule has 2 amide bonds. The number of hydrogen-bond acceptors (Lipinski definition) is 8. The highest BCUT2D eigenvalue weighted by Gasteiger charge is 2.35. The average Bonchev–Trinajstić information content (AvgIpc) is 3.86. The third kappa shape index (κ3) is 7.68. The van der Waals surface area contributed by atoms with Gasteiger partial charge in [-0.2, -0.15) is 18.3 Å². The maximum atomic E-state index is 14.3. The highest BCUT2D eigenvalue weighted by atomic mass is 32.2. The first-order valence-corrected chi connectivity index (χ1v) is 20.0. The summed E-state index contributed by atoms with van der Waals surface area (Å²) < 4.78 is 46.6. The Morgan fingerprint density at radius 2 is 1.78 bits per heavy atom. The lowest BCUT2D eigenvalue weighted by atomic mass is 10.0. The molecule has 1 unspecified atom stereocenters. The summed E-state index contributed by atoms with van der Waals surface area (Å²) in [5, 5.41) is 19.1. The summed E-state index contributed by atoms with van der Waals surface area (Å²) in [5.74, 6) is -0.356. The van der Waals surface area contributed by atoms with E-state index >= 15 is 0 Å². The van der Waals surface area contributed by atoms with Gasteiger partial charge in [0.25, 0.3) is 0 Å². The Morgan fingerprint density at radius 1 is 0.981 bits per heavy atom. The number of hydrogen-bond donors (Lipinski definition) is 3. The molecule has 0 radical (unpaired) electrons. The largest absolute Gasteiger partial charge is 0.417 e.